The minimum absolute atomic E-state index is 1.02. The van der Waals surface area contributed by atoms with Crippen molar-refractivity contribution in [3.63, 3.8) is 0 Å². The third-order valence-corrected chi connectivity index (χ3v) is 4.10. The molecule has 3 fully saturated rings. The monoisotopic (exact) mass is 166 g/mol. The van der Waals surface area contributed by atoms with Gasteiger partial charge in [0.1, 0.15) is 0 Å². The maximum atomic E-state index is 2.45. The summed E-state index contributed by atoms with van der Waals surface area (Å²) in [5, 5.41) is 0. The third-order valence-electron chi connectivity index (χ3n) is 4.10. The van der Waals surface area contributed by atoms with Crippen molar-refractivity contribution in [3.05, 3.63) is 0 Å². The maximum Gasteiger partial charge on any atom is -0.0414 e. The summed E-state index contributed by atoms with van der Waals surface area (Å²) in [4.78, 5) is 0. The van der Waals surface area contributed by atoms with Gasteiger partial charge in [-0.15, -0.1) is 0 Å². The highest BCUT2D eigenvalue weighted by molar-refractivity contribution is 4.76. The first-order valence-corrected chi connectivity index (χ1v) is 5.84. The predicted octanol–water partition coefficient (Wildman–Crippen LogP) is 4.00. The second-order valence-electron chi connectivity index (χ2n) is 5.15. The Labute approximate surface area is 76.7 Å². The molecule has 0 aromatic heterocycles. The first-order chi connectivity index (χ1) is 5.84. The van der Waals surface area contributed by atoms with Crippen LogP contribution in [0.1, 0.15) is 58.3 Å². The molecule has 3 aliphatic carbocycles. The fraction of sp³-hybridized carbons (Fsp3) is 1.00. The van der Waals surface area contributed by atoms with Gasteiger partial charge in [0.05, 0.1) is 0 Å². The van der Waals surface area contributed by atoms with Crippen molar-refractivity contribution in [2.45, 2.75) is 58.3 Å². The lowest BCUT2D eigenvalue weighted by atomic mass is 9.80. The number of rotatable bonds is 0. The predicted molar refractivity (Wildman–Crippen MR) is 53.1 cm³/mol. The van der Waals surface area contributed by atoms with E-state index in [2.05, 4.69) is 6.92 Å². The summed E-state index contributed by atoms with van der Waals surface area (Å²) in [6.07, 6.45) is 12.3. The van der Waals surface area contributed by atoms with Crippen molar-refractivity contribution in [3.8, 4) is 0 Å². The van der Waals surface area contributed by atoms with Crippen LogP contribution in [-0.4, -0.2) is 0 Å². The van der Waals surface area contributed by atoms with Crippen LogP contribution >= 0.6 is 0 Å². The SMILES string of the molecule is CC1CCC2CCC(CC1)CC2. The van der Waals surface area contributed by atoms with Crippen LogP contribution in [0.2, 0.25) is 0 Å². The van der Waals surface area contributed by atoms with E-state index in [1.165, 1.54) is 25.7 Å². The molecule has 0 heteroatoms. The van der Waals surface area contributed by atoms with Gasteiger partial charge in [-0.3, -0.25) is 0 Å². The van der Waals surface area contributed by atoms with Gasteiger partial charge in [0.25, 0.3) is 0 Å². The Kier molecular flexibility index (Phi) is 2.73. The molecule has 0 aromatic rings. The van der Waals surface area contributed by atoms with Gasteiger partial charge in [0, 0.05) is 0 Å². The lowest BCUT2D eigenvalue weighted by Gasteiger charge is -2.26. The zero-order chi connectivity index (χ0) is 8.39. The van der Waals surface area contributed by atoms with Crippen LogP contribution in [0.5, 0.6) is 0 Å². The van der Waals surface area contributed by atoms with E-state index >= 15 is 0 Å². The average Bonchev–Trinajstić information content (AvgIpc) is 2.24. The van der Waals surface area contributed by atoms with E-state index in [0.29, 0.717) is 0 Å². The van der Waals surface area contributed by atoms with Gasteiger partial charge < -0.3 is 0 Å². The van der Waals surface area contributed by atoms with Crippen molar-refractivity contribution in [2.75, 3.05) is 0 Å². The summed E-state index contributed by atoms with van der Waals surface area (Å²) in [5.41, 5.74) is 0. The molecule has 3 saturated carbocycles. The van der Waals surface area contributed by atoms with Gasteiger partial charge in [-0.25, -0.2) is 0 Å². The Balaban J connectivity index is 1.94. The van der Waals surface area contributed by atoms with Crippen molar-refractivity contribution in [1.82, 2.24) is 0 Å². The van der Waals surface area contributed by atoms with E-state index in [-0.39, 0.29) is 0 Å². The first kappa shape index (κ1) is 8.59. The van der Waals surface area contributed by atoms with E-state index in [1.807, 2.05) is 0 Å². The molecule has 70 valence electrons. The van der Waals surface area contributed by atoms with Crippen LogP contribution in [0.15, 0.2) is 0 Å². The fourth-order valence-corrected chi connectivity index (χ4v) is 2.99. The van der Waals surface area contributed by atoms with Crippen LogP contribution in [-0.2, 0) is 0 Å². The molecule has 0 heterocycles. The second-order valence-corrected chi connectivity index (χ2v) is 5.15. The fourth-order valence-electron chi connectivity index (χ4n) is 2.99. The van der Waals surface area contributed by atoms with E-state index < -0.39 is 0 Å². The zero-order valence-electron chi connectivity index (χ0n) is 8.39. The molecule has 0 atom stereocenters. The molecule has 0 nitrogen and oxygen atoms in total. The number of hydrogen-bond acceptors (Lipinski definition) is 0. The summed E-state index contributed by atoms with van der Waals surface area (Å²) in [6, 6.07) is 0. The van der Waals surface area contributed by atoms with Crippen molar-refractivity contribution < 1.29 is 0 Å². The topological polar surface area (TPSA) is 0 Å². The van der Waals surface area contributed by atoms with Crippen LogP contribution in [0.4, 0.5) is 0 Å². The molecular weight excluding hydrogens is 144 g/mol. The molecule has 0 amide bonds. The van der Waals surface area contributed by atoms with Gasteiger partial charge in [-0.2, -0.15) is 0 Å². The van der Waals surface area contributed by atoms with E-state index in [1.54, 1.807) is 25.7 Å². The normalized spacial score (nSPS) is 43.2. The quantitative estimate of drug-likeness (QED) is 0.510. The number of hydrogen-bond donors (Lipinski definition) is 0. The Morgan fingerprint density at radius 2 is 0.917 bits per heavy atom. The lowest BCUT2D eigenvalue weighted by molar-refractivity contribution is 0.264. The van der Waals surface area contributed by atoms with Gasteiger partial charge in [0.15, 0.2) is 0 Å². The largest absolute Gasteiger partial charge is 0.0625 e. The molecule has 0 radical (unpaired) electrons. The zero-order valence-corrected chi connectivity index (χ0v) is 8.39. The molecule has 0 saturated heterocycles. The van der Waals surface area contributed by atoms with Gasteiger partial charge in [-0.05, 0) is 17.8 Å². The molecule has 0 unspecified atom stereocenters. The molecule has 3 aliphatic rings. The molecule has 2 bridgehead atoms. The summed E-state index contributed by atoms with van der Waals surface area (Å²) >= 11 is 0. The van der Waals surface area contributed by atoms with E-state index in [4.69, 9.17) is 0 Å². The minimum Gasteiger partial charge on any atom is -0.0625 e. The molecule has 0 aliphatic heterocycles. The minimum atomic E-state index is 1.02. The lowest BCUT2D eigenvalue weighted by Crippen LogP contribution is -2.12. The van der Waals surface area contributed by atoms with Crippen LogP contribution < -0.4 is 0 Å². The molecule has 0 N–H and O–H groups in total. The second kappa shape index (κ2) is 3.81. The molecule has 12 heavy (non-hydrogen) atoms. The summed E-state index contributed by atoms with van der Waals surface area (Å²) < 4.78 is 0. The maximum absolute atomic E-state index is 2.45. The molecule has 0 spiro atoms. The van der Waals surface area contributed by atoms with E-state index in [0.717, 1.165) is 17.8 Å². The molecular formula is C12H22. The first-order valence-electron chi connectivity index (χ1n) is 5.84. The standard InChI is InChI=1S/C12H22/c1-10-2-4-11-6-8-12(5-3-10)9-7-11/h10-12H,2-9H2,1H3. The van der Waals surface area contributed by atoms with Crippen LogP contribution in [0.25, 0.3) is 0 Å². The van der Waals surface area contributed by atoms with Crippen LogP contribution in [0.3, 0.4) is 0 Å². The summed E-state index contributed by atoms with van der Waals surface area (Å²) in [7, 11) is 0. The van der Waals surface area contributed by atoms with Crippen molar-refractivity contribution in [1.29, 1.82) is 0 Å². The van der Waals surface area contributed by atoms with E-state index in [9.17, 15) is 0 Å². The van der Waals surface area contributed by atoms with Gasteiger partial charge in [-0.1, -0.05) is 58.3 Å². The van der Waals surface area contributed by atoms with Gasteiger partial charge >= 0.3 is 0 Å². The highest BCUT2D eigenvalue weighted by Crippen LogP contribution is 2.37. The van der Waals surface area contributed by atoms with Crippen LogP contribution in [0, 0.1) is 17.8 Å². The van der Waals surface area contributed by atoms with Crippen molar-refractivity contribution in [2.24, 2.45) is 17.8 Å². The Bertz CT molecular complexity index is 115. The number of fused-ring (bicyclic) bond motifs is 6. The van der Waals surface area contributed by atoms with Gasteiger partial charge in [0.2, 0.25) is 0 Å². The Hall–Kier alpha value is 0. The smallest absolute Gasteiger partial charge is 0.0414 e. The Morgan fingerprint density at radius 1 is 0.583 bits per heavy atom. The van der Waals surface area contributed by atoms with Crippen molar-refractivity contribution >= 4 is 0 Å². The Morgan fingerprint density at radius 3 is 1.33 bits per heavy atom. The highest BCUT2D eigenvalue weighted by Gasteiger charge is 2.23. The molecule has 3 rings (SSSR count). The highest BCUT2D eigenvalue weighted by atomic mass is 14.3. The third kappa shape index (κ3) is 2.02. The average molecular weight is 166 g/mol. The summed E-state index contributed by atoms with van der Waals surface area (Å²) in [5.74, 6) is 3.25. The summed E-state index contributed by atoms with van der Waals surface area (Å²) in [6.45, 7) is 2.45. The molecule has 0 aromatic carbocycles.